The number of carbonyl (C=O) groups excluding carboxylic acids is 1. The molecule has 0 N–H and O–H groups in total. The summed E-state index contributed by atoms with van der Waals surface area (Å²) >= 11 is 0. The smallest absolute Gasteiger partial charge is 0.227 e. The maximum absolute atomic E-state index is 13.1. The maximum Gasteiger partial charge on any atom is 0.227 e. The Labute approximate surface area is 188 Å². The summed E-state index contributed by atoms with van der Waals surface area (Å²) < 4.78 is 8.10. The highest BCUT2D eigenvalue weighted by atomic mass is 16.5. The molecule has 1 aliphatic rings. The predicted octanol–water partition coefficient (Wildman–Crippen LogP) is 5.56. The van der Waals surface area contributed by atoms with Crippen LogP contribution in [-0.4, -0.2) is 28.6 Å². The number of fused-ring (bicyclic) bond motifs is 1. The van der Waals surface area contributed by atoms with Gasteiger partial charge in [0.05, 0.1) is 29.4 Å². The first-order valence-corrected chi connectivity index (χ1v) is 11.2. The molecule has 0 spiro atoms. The molecule has 5 heteroatoms. The molecule has 5 rings (SSSR count). The molecule has 1 amide bonds. The van der Waals surface area contributed by atoms with Gasteiger partial charge in [0.1, 0.15) is 11.6 Å². The van der Waals surface area contributed by atoms with E-state index in [4.69, 9.17) is 9.72 Å². The van der Waals surface area contributed by atoms with E-state index in [0.717, 1.165) is 28.3 Å². The molecular weight excluding hydrogens is 398 g/mol. The van der Waals surface area contributed by atoms with E-state index < -0.39 is 0 Å². The van der Waals surface area contributed by atoms with Crippen molar-refractivity contribution >= 4 is 22.6 Å². The second-order valence-electron chi connectivity index (χ2n) is 8.22. The Morgan fingerprint density at radius 3 is 2.53 bits per heavy atom. The number of ether oxygens (including phenoxy) is 1. The lowest BCUT2D eigenvalue weighted by Crippen LogP contribution is -2.25. The van der Waals surface area contributed by atoms with Crippen molar-refractivity contribution in [2.24, 2.45) is 0 Å². The van der Waals surface area contributed by atoms with Crippen LogP contribution < -0.4 is 9.64 Å². The summed E-state index contributed by atoms with van der Waals surface area (Å²) in [5.74, 6) is 1.83. The molecule has 2 unspecified atom stereocenters. The number of amides is 1. The topological polar surface area (TPSA) is 47.4 Å². The number of carbonyl (C=O) groups is 1. The molecule has 3 aromatic carbocycles. The van der Waals surface area contributed by atoms with Crippen LogP contribution >= 0.6 is 0 Å². The Balaban J connectivity index is 1.55. The summed E-state index contributed by atoms with van der Waals surface area (Å²) in [5.41, 5.74) is 4.12. The van der Waals surface area contributed by atoms with Crippen LogP contribution in [0.3, 0.4) is 0 Å². The molecule has 0 saturated carbocycles. The largest absolute Gasteiger partial charge is 0.492 e. The minimum atomic E-state index is 0.00995. The van der Waals surface area contributed by atoms with Crippen LogP contribution in [-0.2, 0) is 4.79 Å². The highest BCUT2D eigenvalue weighted by Gasteiger charge is 2.36. The lowest BCUT2D eigenvalue weighted by molar-refractivity contribution is -0.117. The normalized spacial score (nSPS) is 17.1. The summed E-state index contributed by atoms with van der Waals surface area (Å²) in [6, 6.07) is 26.6. The SMILES string of the molecule is CCOc1ccccc1N1CC(c2nc3ccccc3n2C(C)c2ccccc2)CC1=O. The van der Waals surface area contributed by atoms with Gasteiger partial charge in [0, 0.05) is 18.9 Å². The van der Waals surface area contributed by atoms with E-state index in [-0.39, 0.29) is 17.9 Å². The van der Waals surface area contributed by atoms with E-state index in [9.17, 15) is 4.79 Å². The zero-order valence-corrected chi connectivity index (χ0v) is 18.4. The Kier molecular flexibility index (Phi) is 5.39. The predicted molar refractivity (Wildman–Crippen MR) is 127 cm³/mol. The van der Waals surface area contributed by atoms with Gasteiger partial charge in [-0.15, -0.1) is 0 Å². The van der Waals surface area contributed by atoms with Gasteiger partial charge in [0.2, 0.25) is 5.91 Å². The minimum absolute atomic E-state index is 0.00995. The number of para-hydroxylation sites is 4. The molecule has 2 heterocycles. The molecule has 5 nitrogen and oxygen atoms in total. The zero-order chi connectivity index (χ0) is 22.1. The van der Waals surface area contributed by atoms with Crippen molar-refractivity contribution in [2.45, 2.75) is 32.2 Å². The van der Waals surface area contributed by atoms with E-state index in [1.807, 2.05) is 60.4 Å². The molecule has 4 aromatic rings. The first-order chi connectivity index (χ1) is 15.7. The van der Waals surface area contributed by atoms with Crippen LogP contribution in [0, 0.1) is 0 Å². The number of rotatable bonds is 6. The van der Waals surface area contributed by atoms with Gasteiger partial charge in [0.15, 0.2) is 0 Å². The molecule has 162 valence electrons. The number of aromatic nitrogens is 2. The van der Waals surface area contributed by atoms with E-state index in [0.29, 0.717) is 19.6 Å². The van der Waals surface area contributed by atoms with Gasteiger partial charge in [-0.25, -0.2) is 4.98 Å². The van der Waals surface area contributed by atoms with Crippen LogP contribution in [0.2, 0.25) is 0 Å². The van der Waals surface area contributed by atoms with Crippen molar-refractivity contribution in [3.63, 3.8) is 0 Å². The van der Waals surface area contributed by atoms with Gasteiger partial charge in [-0.2, -0.15) is 0 Å². The Hall–Kier alpha value is -3.60. The molecule has 0 radical (unpaired) electrons. The summed E-state index contributed by atoms with van der Waals surface area (Å²) in [6.45, 7) is 5.31. The third-order valence-corrected chi connectivity index (χ3v) is 6.24. The van der Waals surface area contributed by atoms with E-state index in [1.54, 1.807) is 0 Å². The average molecular weight is 426 g/mol. The first kappa shape index (κ1) is 20.3. The fourth-order valence-electron chi connectivity index (χ4n) is 4.71. The second-order valence-corrected chi connectivity index (χ2v) is 8.22. The van der Waals surface area contributed by atoms with Gasteiger partial charge in [0.25, 0.3) is 0 Å². The number of benzene rings is 3. The van der Waals surface area contributed by atoms with Gasteiger partial charge >= 0.3 is 0 Å². The zero-order valence-electron chi connectivity index (χ0n) is 18.4. The highest BCUT2D eigenvalue weighted by molar-refractivity contribution is 5.98. The summed E-state index contributed by atoms with van der Waals surface area (Å²) in [4.78, 5) is 20.0. The van der Waals surface area contributed by atoms with Crippen LogP contribution in [0.1, 0.15) is 43.6 Å². The van der Waals surface area contributed by atoms with Crippen LogP contribution in [0.5, 0.6) is 5.75 Å². The molecule has 32 heavy (non-hydrogen) atoms. The van der Waals surface area contributed by atoms with E-state index in [2.05, 4.69) is 41.8 Å². The Morgan fingerprint density at radius 1 is 1.00 bits per heavy atom. The third-order valence-electron chi connectivity index (χ3n) is 6.24. The van der Waals surface area contributed by atoms with Crippen molar-refractivity contribution in [3.8, 4) is 5.75 Å². The molecule has 2 atom stereocenters. The van der Waals surface area contributed by atoms with E-state index >= 15 is 0 Å². The monoisotopic (exact) mass is 425 g/mol. The minimum Gasteiger partial charge on any atom is -0.492 e. The highest BCUT2D eigenvalue weighted by Crippen LogP contribution is 2.38. The van der Waals surface area contributed by atoms with Gasteiger partial charge in [-0.3, -0.25) is 4.79 Å². The molecule has 1 aromatic heterocycles. The molecule has 0 bridgehead atoms. The van der Waals surface area contributed by atoms with Crippen LogP contribution in [0.15, 0.2) is 78.9 Å². The van der Waals surface area contributed by atoms with Crippen molar-refractivity contribution < 1.29 is 9.53 Å². The third kappa shape index (κ3) is 3.54. The Morgan fingerprint density at radius 2 is 1.72 bits per heavy atom. The van der Waals surface area contributed by atoms with Gasteiger partial charge in [-0.1, -0.05) is 54.6 Å². The molecule has 1 saturated heterocycles. The van der Waals surface area contributed by atoms with Crippen molar-refractivity contribution in [1.29, 1.82) is 0 Å². The standard InChI is InChI=1S/C27H27N3O2/c1-3-32-25-16-10-9-15-24(25)29-18-21(17-26(29)31)27-28-22-13-7-8-14-23(22)30(27)19(2)20-11-5-4-6-12-20/h4-16,19,21H,3,17-18H2,1-2H3. The van der Waals surface area contributed by atoms with E-state index in [1.165, 1.54) is 5.56 Å². The molecule has 0 aliphatic carbocycles. The quantitative estimate of drug-likeness (QED) is 0.406. The van der Waals surface area contributed by atoms with Crippen LogP contribution in [0.4, 0.5) is 5.69 Å². The van der Waals surface area contributed by atoms with Crippen molar-refractivity contribution in [1.82, 2.24) is 9.55 Å². The fraction of sp³-hybridized carbons (Fsp3) is 0.259. The van der Waals surface area contributed by atoms with Crippen LogP contribution in [0.25, 0.3) is 11.0 Å². The first-order valence-electron chi connectivity index (χ1n) is 11.2. The molecule has 1 fully saturated rings. The lowest BCUT2D eigenvalue weighted by atomic mass is 10.0. The second kappa shape index (κ2) is 8.50. The Bertz CT molecular complexity index is 1250. The van der Waals surface area contributed by atoms with Gasteiger partial charge in [-0.05, 0) is 43.7 Å². The molecule has 1 aliphatic heterocycles. The summed E-state index contributed by atoms with van der Waals surface area (Å²) in [7, 11) is 0. The maximum atomic E-state index is 13.1. The fourth-order valence-corrected chi connectivity index (χ4v) is 4.71. The summed E-state index contributed by atoms with van der Waals surface area (Å²) in [6.07, 6.45) is 0.436. The number of anilines is 1. The number of nitrogens with zero attached hydrogens (tertiary/aromatic N) is 3. The number of imidazole rings is 1. The number of hydrogen-bond acceptors (Lipinski definition) is 3. The van der Waals surface area contributed by atoms with Gasteiger partial charge < -0.3 is 14.2 Å². The summed E-state index contributed by atoms with van der Waals surface area (Å²) in [5, 5.41) is 0. The molecular formula is C27H27N3O2. The number of hydrogen-bond donors (Lipinski definition) is 0. The van der Waals surface area contributed by atoms with Crippen molar-refractivity contribution in [2.75, 3.05) is 18.1 Å². The van der Waals surface area contributed by atoms with Crippen molar-refractivity contribution in [3.05, 3.63) is 90.3 Å². The lowest BCUT2D eigenvalue weighted by Gasteiger charge is -2.22. The average Bonchev–Trinajstić information content (AvgIpc) is 3.40.